The molecule has 2 rings (SSSR count). The van der Waals surface area contributed by atoms with Crippen LogP contribution < -0.4 is 0 Å². The Bertz CT molecular complexity index is 527. The summed E-state index contributed by atoms with van der Waals surface area (Å²) in [6, 6.07) is 7.86. The lowest BCUT2D eigenvalue weighted by molar-refractivity contribution is 0.214. The number of aromatic nitrogens is 1. The predicted molar refractivity (Wildman–Crippen MR) is 67.1 cm³/mol. The molecular formula is C13H11BrFNO. The third-order valence-electron chi connectivity index (χ3n) is 2.56. The molecule has 4 heteroatoms. The fourth-order valence-corrected chi connectivity index (χ4v) is 1.89. The first-order valence-electron chi connectivity index (χ1n) is 5.13. The average Bonchev–Trinajstić information content (AvgIpc) is 2.29. The summed E-state index contributed by atoms with van der Waals surface area (Å²) in [6.45, 7) is 1.76. The van der Waals surface area contributed by atoms with E-state index in [-0.39, 0.29) is 5.82 Å². The highest BCUT2D eigenvalue weighted by molar-refractivity contribution is 9.10. The SMILES string of the molecule is Cc1cc(F)ccc1C(O)c1ccc(Br)cn1. The smallest absolute Gasteiger partial charge is 0.123 e. The molecule has 1 N–H and O–H groups in total. The van der Waals surface area contributed by atoms with Crippen molar-refractivity contribution in [2.24, 2.45) is 0 Å². The number of hydrogen-bond acceptors (Lipinski definition) is 2. The van der Waals surface area contributed by atoms with Crippen LogP contribution in [-0.2, 0) is 0 Å². The van der Waals surface area contributed by atoms with E-state index < -0.39 is 6.10 Å². The second-order valence-electron chi connectivity index (χ2n) is 3.80. The predicted octanol–water partition coefficient (Wildman–Crippen LogP) is 3.37. The molecule has 17 heavy (non-hydrogen) atoms. The maximum atomic E-state index is 13.0. The van der Waals surface area contributed by atoms with Gasteiger partial charge in [0.05, 0.1) is 5.69 Å². The number of halogens is 2. The van der Waals surface area contributed by atoms with Crippen molar-refractivity contribution in [3.05, 3.63) is 63.6 Å². The lowest BCUT2D eigenvalue weighted by Crippen LogP contribution is -2.04. The van der Waals surface area contributed by atoms with E-state index in [0.717, 1.165) is 4.47 Å². The molecule has 0 spiro atoms. The van der Waals surface area contributed by atoms with Gasteiger partial charge in [-0.2, -0.15) is 0 Å². The molecule has 1 heterocycles. The van der Waals surface area contributed by atoms with Gasteiger partial charge in [0.25, 0.3) is 0 Å². The van der Waals surface area contributed by atoms with Crippen molar-refractivity contribution in [3.8, 4) is 0 Å². The molecule has 1 aromatic carbocycles. The summed E-state index contributed by atoms with van der Waals surface area (Å²) in [5.74, 6) is -0.304. The Morgan fingerprint density at radius 3 is 2.65 bits per heavy atom. The fourth-order valence-electron chi connectivity index (χ4n) is 1.65. The van der Waals surface area contributed by atoms with Crippen molar-refractivity contribution in [2.75, 3.05) is 0 Å². The molecular weight excluding hydrogens is 285 g/mol. The monoisotopic (exact) mass is 295 g/mol. The van der Waals surface area contributed by atoms with E-state index in [4.69, 9.17) is 0 Å². The maximum Gasteiger partial charge on any atom is 0.123 e. The summed E-state index contributed by atoms with van der Waals surface area (Å²) in [6.07, 6.45) is 0.793. The van der Waals surface area contributed by atoms with Crippen molar-refractivity contribution in [1.29, 1.82) is 0 Å². The maximum absolute atomic E-state index is 13.0. The number of nitrogens with zero attached hydrogens (tertiary/aromatic N) is 1. The molecule has 0 fully saturated rings. The first-order valence-corrected chi connectivity index (χ1v) is 5.93. The molecule has 0 aliphatic heterocycles. The zero-order valence-electron chi connectivity index (χ0n) is 9.19. The number of aliphatic hydroxyl groups excluding tert-OH is 1. The van der Waals surface area contributed by atoms with Crippen molar-refractivity contribution >= 4 is 15.9 Å². The Morgan fingerprint density at radius 2 is 2.06 bits per heavy atom. The molecule has 2 aromatic rings. The van der Waals surface area contributed by atoms with Gasteiger partial charge in [0, 0.05) is 10.7 Å². The second kappa shape index (κ2) is 4.94. The van der Waals surface area contributed by atoms with E-state index in [2.05, 4.69) is 20.9 Å². The number of rotatable bonds is 2. The van der Waals surface area contributed by atoms with Crippen LogP contribution in [0, 0.1) is 12.7 Å². The standard InChI is InChI=1S/C13H11BrFNO/c1-8-6-10(15)3-4-11(8)13(17)12-5-2-9(14)7-16-12/h2-7,13,17H,1H3. The van der Waals surface area contributed by atoms with Crippen LogP contribution in [0.1, 0.15) is 22.9 Å². The van der Waals surface area contributed by atoms with E-state index >= 15 is 0 Å². The average molecular weight is 296 g/mol. The van der Waals surface area contributed by atoms with E-state index in [1.807, 2.05) is 6.07 Å². The molecule has 0 aliphatic carbocycles. The van der Waals surface area contributed by atoms with Crippen LogP contribution in [0.2, 0.25) is 0 Å². The number of aryl methyl sites for hydroxylation is 1. The first-order chi connectivity index (χ1) is 8.08. The Morgan fingerprint density at radius 1 is 1.29 bits per heavy atom. The van der Waals surface area contributed by atoms with Crippen LogP contribution in [0.4, 0.5) is 4.39 Å². The zero-order valence-corrected chi connectivity index (χ0v) is 10.8. The van der Waals surface area contributed by atoms with Gasteiger partial charge in [-0.05, 0) is 58.2 Å². The minimum Gasteiger partial charge on any atom is -0.382 e. The quantitative estimate of drug-likeness (QED) is 0.921. The highest BCUT2D eigenvalue weighted by atomic mass is 79.9. The lowest BCUT2D eigenvalue weighted by atomic mass is 10.0. The fraction of sp³-hybridized carbons (Fsp3) is 0.154. The van der Waals surface area contributed by atoms with Gasteiger partial charge in [-0.1, -0.05) is 6.07 Å². The van der Waals surface area contributed by atoms with E-state index in [1.54, 1.807) is 25.3 Å². The Kier molecular flexibility index (Phi) is 3.54. The van der Waals surface area contributed by atoms with Crippen LogP contribution in [0.5, 0.6) is 0 Å². The normalized spacial score (nSPS) is 12.5. The third kappa shape index (κ3) is 2.70. The minimum atomic E-state index is -0.830. The molecule has 0 bridgehead atoms. The van der Waals surface area contributed by atoms with Crippen molar-refractivity contribution < 1.29 is 9.50 Å². The van der Waals surface area contributed by atoms with Crippen molar-refractivity contribution in [3.63, 3.8) is 0 Å². The largest absolute Gasteiger partial charge is 0.382 e. The summed E-state index contributed by atoms with van der Waals surface area (Å²) in [7, 11) is 0. The molecule has 1 atom stereocenters. The van der Waals surface area contributed by atoms with Gasteiger partial charge in [0.1, 0.15) is 11.9 Å². The Hall–Kier alpha value is -1.26. The van der Waals surface area contributed by atoms with Gasteiger partial charge >= 0.3 is 0 Å². The zero-order chi connectivity index (χ0) is 12.4. The summed E-state index contributed by atoms with van der Waals surface area (Å²) in [4.78, 5) is 4.13. The Labute approximate surface area is 107 Å². The summed E-state index contributed by atoms with van der Waals surface area (Å²) in [5.41, 5.74) is 1.92. The summed E-state index contributed by atoms with van der Waals surface area (Å²) in [5, 5.41) is 10.2. The van der Waals surface area contributed by atoms with Crippen molar-refractivity contribution in [2.45, 2.75) is 13.0 Å². The van der Waals surface area contributed by atoms with Crippen molar-refractivity contribution in [1.82, 2.24) is 4.98 Å². The van der Waals surface area contributed by atoms with E-state index in [1.165, 1.54) is 12.1 Å². The highest BCUT2D eigenvalue weighted by Crippen LogP contribution is 2.24. The van der Waals surface area contributed by atoms with Gasteiger partial charge < -0.3 is 5.11 Å². The molecule has 1 unspecified atom stereocenters. The molecule has 0 saturated carbocycles. The van der Waals surface area contributed by atoms with Gasteiger partial charge in [0.2, 0.25) is 0 Å². The molecule has 2 nitrogen and oxygen atoms in total. The molecule has 1 aromatic heterocycles. The molecule has 0 saturated heterocycles. The number of hydrogen-bond donors (Lipinski definition) is 1. The molecule has 0 radical (unpaired) electrons. The summed E-state index contributed by atoms with van der Waals surface area (Å²) < 4.78 is 13.8. The molecule has 0 amide bonds. The summed E-state index contributed by atoms with van der Waals surface area (Å²) >= 11 is 3.28. The number of pyridine rings is 1. The van der Waals surface area contributed by atoms with E-state index in [9.17, 15) is 9.50 Å². The number of benzene rings is 1. The topological polar surface area (TPSA) is 33.1 Å². The van der Waals surface area contributed by atoms with Gasteiger partial charge in [-0.15, -0.1) is 0 Å². The van der Waals surface area contributed by atoms with Crippen LogP contribution in [-0.4, -0.2) is 10.1 Å². The number of aliphatic hydroxyl groups is 1. The second-order valence-corrected chi connectivity index (χ2v) is 4.72. The van der Waals surface area contributed by atoms with Gasteiger partial charge in [-0.3, -0.25) is 4.98 Å². The molecule has 0 aliphatic rings. The van der Waals surface area contributed by atoms with Crippen LogP contribution in [0.3, 0.4) is 0 Å². The van der Waals surface area contributed by atoms with E-state index in [0.29, 0.717) is 16.8 Å². The minimum absolute atomic E-state index is 0.304. The van der Waals surface area contributed by atoms with Crippen LogP contribution in [0.15, 0.2) is 41.0 Å². The van der Waals surface area contributed by atoms with Crippen LogP contribution in [0.25, 0.3) is 0 Å². The highest BCUT2D eigenvalue weighted by Gasteiger charge is 2.14. The first kappa shape index (κ1) is 12.2. The lowest BCUT2D eigenvalue weighted by Gasteiger charge is -2.13. The third-order valence-corrected chi connectivity index (χ3v) is 3.03. The van der Waals surface area contributed by atoms with Gasteiger partial charge in [0.15, 0.2) is 0 Å². The van der Waals surface area contributed by atoms with Crippen LogP contribution >= 0.6 is 15.9 Å². The van der Waals surface area contributed by atoms with Gasteiger partial charge in [-0.25, -0.2) is 4.39 Å². The molecule has 88 valence electrons. The Balaban J connectivity index is 2.36.